The molecule has 1 heteroatoms. The lowest BCUT2D eigenvalue weighted by molar-refractivity contribution is 0.648. The molecule has 1 N–H and O–H groups in total. The van der Waals surface area contributed by atoms with Crippen LogP contribution in [0.4, 0.5) is 0 Å². The first-order valence-corrected chi connectivity index (χ1v) is 2.39. The van der Waals surface area contributed by atoms with E-state index >= 15 is 0 Å². The third-order valence-corrected chi connectivity index (χ3v) is 0.933. The molecule has 0 atom stereocenters. The molecule has 0 bridgehead atoms. The largest absolute Gasteiger partial charge is 0.308 e. The van der Waals surface area contributed by atoms with Crippen molar-refractivity contribution in [2.24, 2.45) is 0 Å². The van der Waals surface area contributed by atoms with Crippen molar-refractivity contribution in [3.05, 3.63) is 13.1 Å². The fourth-order valence-corrected chi connectivity index (χ4v) is 0.572. The van der Waals surface area contributed by atoms with Crippen LogP contribution in [0.25, 0.3) is 0 Å². The number of rotatable bonds is 0. The lowest BCUT2D eigenvalue weighted by Gasteiger charge is -2.07. The summed E-state index contributed by atoms with van der Waals surface area (Å²) in [6.07, 6.45) is 3.79. The highest BCUT2D eigenvalue weighted by Crippen LogP contribution is 2.03. The molecule has 0 aromatic carbocycles. The van der Waals surface area contributed by atoms with E-state index in [-0.39, 0.29) is 0 Å². The molecule has 0 aliphatic carbocycles. The van der Waals surface area contributed by atoms with Crippen LogP contribution in [0.1, 0.15) is 19.3 Å². The van der Waals surface area contributed by atoms with Gasteiger partial charge in [0.15, 0.2) is 0 Å². The Kier molecular flexibility index (Phi) is 1.51. The molecule has 0 spiro atoms. The lowest BCUT2D eigenvalue weighted by Crippen LogP contribution is -2.10. The van der Waals surface area contributed by atoms with Crippen LogP contribution < -0.4 is 5.32 Å². The molecular weight excluding hydrogens is 74.1 g/mol. The van der Waals surface area contributed by atoms with Gasteiger partial charge in [-0.15, -0.1) is 0 Å². The van der Waals surface area contributed by atoms with E-state index in [4.69, 9.17) is 0 Å². The molecule has 0 amide bonds. The summed E-state index contributed by atoms with van der Waals surface area (Å²) < 4.78 is 0. The van der Waals surface area contributed by atoms with Crippen molar-refractivity contribution in [1.29, 1.82) is 0 Å². The smallest absolute Gasteiger partial charge is 0.0224 e. The fraction of sp³-hybridized carbons (Fsp3) is 0.600. The van der Waals surface area contributed by atoms with Crippen molar-refractivity contribution >= 4 is 0 Å². The maximum Gasteiger partial charge on any atom is 0.0224 e. The zero-order valence-electron chi connectivity index (χ0n) is 3.78. The van der Waals surface area contributed by atoms with Crippen LogP contribution in [0.2, 0.25) is 0 Å². The first-order chi connectivity index (χ1) is 3.00. The molecule has 0 aromatic rings. The average Bonchev–Trinajstić information content (AvgIpc) is 1.72. The van der Waals surface area contributed by atoms with Crippen LogP contribution in [0.3, 0.4) is 0 Å². The standard InChI is InChI=1S/C5H9N/c1-2-4-6-5-3-1/h4-6H,1-3H2. The molecule has 1 heterocycles. The fourth-order valence-electron chi connectivity index (χ4n) is 0.572. The van der Waals surface area contributed by atoms with Crippen LogP contribution in [-0.2, 0) is 0 Å². The lowest BCUT2D eigenvalue weighted by atomic mass is 10.2. The van der Waals surface area contributed by atoms with Gasteiger partial charge >= 0.3 is 0 Å². The summed E-state index contributed by atoms with van der Waals surface area (Å²) in [4.78, 5) is 0. The number of piperidine rings is 1. The SMILES string of the molecule is [CH]1CCC[CH]N1. The molecule has 0 unspecified atom stereocenters. The van der Waals surface area contributed by atoms with Crippen molar-refractivity contribution in [3.8, 4) is 0 Å². The van der Waals surface area contributed by atoms with Crippen molar-refractivity contribution in [3.63, 3.8) is 0 Å². The predicted molar refractivity (Wildman–Crippen MR) is 25.6 cm³/mol. The molecule has 0 saturated carbocycles. The molecule has 1 rings (SSSR count). The maximum atomic E-state index is 3.03. The van der Waals surface area contributed by atoms with E-state index in [0.717, 1.165) is 0 Å². The van der Waals surface area contributed by atoms with Crippen LogP contribution in [0.5, 0.6) is 0 Å². The highest BCUT2D eigenvalue weighted by molar-refractivity contribution is 4.76. The van der Waals surface area contributed by atoms with E-state index in [2.05, 4.69) is 18.4 Å². The second kappa shape index (κ2) is 2.19. The van der Waals surface area contributed by atoms with Crippen LogP contribution in [0.15, 0.2) is 0 Å². The van der Waals surface area contributed by atoms with Gasteiger partial charge in [-0.1, -0.05) is 6.42 Å². The van der Waals surface area contributed by atoms with Gasteiger partial charge in [-0.05, 0) is 12.8 Å². The van der Waals surface area contributed by atoms with Crippen LogP contribution in [0, 0.1) is 13.1 Å². The second-order valence-corrected chi connectivity index (χ2v) is 1.51. The first kappa shape index (κ1) is 4.13. The Hall–Kier alpha value is -0.0400. The third-order valence-electron chi connectivity index (χ3n) is 0.933. The summed E-state index contributed by atoms with van der Waals surface area (Å²) >= 11 is 0. The molecule has 0 aromatic heterocycles. The molecule has 2 radical (unpaired) electrons. The minimum absolute atomic E-state index is 1.23. The zero-order valence-corrected chi connectivity index (χ0v) is 3.78. The van der Waals surface area contributed by atoms with Gasteiger partial charge in [-0.2, -0.15) is 0 Å². The summed E-state index contributed by atoms with van der Waals surface area (Å²) in [6, 6.07) is 0. The molecule has 1 aliphatic heterocycles. The Morgan fingerprint density at radius 1 is 1.17 bits per heavy atom. The van der Waals surface area contributed by atoms with E-state index in [1.54, 1.807) is 0 Å². The predicted octanol–water partition coefficient (Wildman–Crippen LogP) is 1.08. The van der Waals surface area contributed by atoms with Crippen molar-refractivity contribution in [1.82, 2.24) is 5.32 Å². The maximum absolute atomic E-state index is 3.03. The third kappa shape index (κ3) is 0.977. The van der Waals surface area contributed by atoms with Gasteiger partial charge < -0.3 is 5.32 Å². The Balaban J connectivity index is 2.00. The second-order valence-electron chi connectivity index (χ2n) is 1.51. The Bertz CT molecular complexity index is 19.4. The van der Waals surface area contributed by atoms with Crippen molar-refractivity contribution in [2.75, 3.05) is 0 Å². The summed E-state index contributed by atoms with van der Waals surface area (Å²) in [7, 11) is 0. The Morgan fingerprint density at radius 2 is 1.83 bits per heavy atom. The Morgan fingerprint density at radius 3 is 2.00 bits per heavy atom. The van der Waals surface area contributed by atoms with E-state index in [9.17, 15) is 0 Å². The van der Waals surface area contributed by atoms with E-state index in [1.807, 2.05) is 0 Å². The summed E-state index contributed by atoms with van der Waals surface area (Å²) in [5.41, 5.74) is 0. The molecule has 1 saturated heterocycles. The summed E-state index contributed by atoms with van der Waals surface area (Å²) in [6.45, 7) is 4.17. The molecular formula is C5H9N. The van der Waals surface area contributed by atoms with Gasteiger partial charge in [0.25, 0.3) is 0 Å². The van der Waals surface area contributed by atoms with E-state index < -0.39 is 0 Å². The zero-order chi connectivity index (χ0) is 4.24. The van der Waals surface area contributed by atoms with Gasteiger partial charge in [0.2, 0.25) is 0 Å². The first-order valence-electron chi connectivity index (χ1n) is 2.39. The van der Waals surface area contributed by atoms with E-state index in [1.165, 1.54) is 19.3 Å². The summed E-state index contributed by atoms with van der Waals surface area (Å²) in [5.74, 6) is 0. The number of hydrogen-bond donors (Lipinski definition) is 1. The van der Waals surface area contributed by atoms with Gasteiger partial charge in [0.05, 0.1) is 0 Å². The Labute approximate surface area is 38.7 Å². The topological polar surface area (TPSA) is 12.0 Å². The number of nitrogens with one attached hydrogen (secondary N) is 1. The molecule has 6 heavy (non-hydrogen) atoms. The van der Waals surface area contributed by atoms with Crippen LogP contribution in [-0.4, -0.2) is 0 Å². The monoisotopic (exact) mass is 83.1 g/mol. The normalized spacial score (nSPS) is 24.0. The van der Waals surface area contributed by atoms with Gasteiger partial charge in [-0.25, -0.2) is 0 Å². The average molecular weight is 83.1 g/mol. The highest BCUT2D eigenvalue weighted by Gasteiger charge is 1.94. The molecule has 1 aliphatic rings. The number of hydrogen-bond acceptors (Lipinski definition) is 1. The van der Waals surface area contributed by atoms with Crippen molar-refractivity contribution in [2.45, 2.75) is 19.3 Å². The molecule has 1 fully saturated rings. The van der Waals surface area contributed by atoms with Gasteiger partial charge in [0, 0.05) is 13.1 Å². The van der Waals surface area contributed by atoms with E-state index in [0.29, 0.717) is 0 Å². The minimum Gasteiger partial charge on any atom is -0.308 e. The minimum atomic E-state index is 1.23. The van der Waals surface area contributed by atoms with Crippen LogP contribution >= 0.6 is 0 Å². The van der Waals surface area contributed by atoms with Gasteiger partial charge in [0.1, 0.15) is 0 Å². The van der Waals surface area contributed by atoms with Crippen molar-refractivity contribution < 1.29 is 0 Å². The van der Waals surface area contributed by atoms with Gasteiger partial charge in [-0.3, -0.25) is 0 Å². The quantitative estimate of drug-likeness (QED) is 0.462. The molecule has 1 nitrogen and oxygen atoms in total. The highest BCUT2D eigenvalue weighted by atomic mass is 14.9. The molecule has 34 valence electrons. The summed E-state index contributed by atoms with van der Waals surface area (Å²) in [5, 5.41) is 3.03.